The van der Waals surface area contributed by atoms with E-state index in [0.29, 0.717) is 18.0 Å². The summed E-state index contributed by atoms with van der Waals surface area (Å²) >= 11 is 0. The van der Waals surface area contributed by atoms with Gasteiger partial charge in [-0.15, -0.1) is 0 Å². The van der Waals surface area contributed by atoms with E-state index in [1.165, 1.54) is 11.1 Å². The smallest absolute Gasteiger partial charge is 0.363 e. The van der Waals surface area contributed by atoms with Crippen LogP contribution in [0.15, 0.2) is 59.2 Å². The van der Waals surface area contributed by atoms with Gasteiger partial charge in [-0.2, -0.15) is 0 Å². The van der Waals surface area contributed by atoms with Crippen LogP contribution in [0.1, 0.15) is 23.1 Å². The number of carbonyl (C=O) groups is 1. The lowest BCUT2D eigenvalue weighted by Gasteiger charge is -2.04. The van der Waals surface area contributed by atoms with E-state index in [9.17, 15) is 4.79 Å². The summed E-state index contributed by atoms with van der Waals surface area (Å²) in [5.41, 5.74) is 3.64. The Balaban J connectivity index is 1.73. The number of rotatable bonds is 5. The van der Waals surface area contributed by atoms with Crippen LogP contribution in [-0.2, 0) is 16.0 Å². The summed E-state index contributed by atoms with van der Waals surface area (Å²) in [7, 11) is 1.61. The molecule has 122 valence electrons. The van der Waals surface area contributed by atoms with E-state index < -0.39 is 5.97 Å². The highest BCUT2D eigenvalue weighted by Gasteiger charge is 2.22. The number of nitrogens with zero attached hydrogens (tertiary/aromatic N) is 1. The van der Waals surface area contributed by atoms with Crippen LogP contribution in [0.2, 0.25) is 0 Å². The number of benzene rings is 2. The molecule has 0 saturated carbocycles. The van der Waals surface area contributed by atoms with Crippen LogP contribution in [0.25, 0.3) is 6.08 Å². The van der Waals surface area contributed by atoms with Crippen LogP contribution >= 0.6 is 0 Å². The maximum absolute atomic E-state index is 12.0. The maximum atomic E-state index is 12.0. The Labute approximate surface area is 141 Å². The van der Waals surface area contributed by atoms with E-state index in [1.807, 2.05) is 36.4 Å². The predicted octanol–water partition coefficient (Wildman–Crippen LogP) is 3.93. The van der Waals surface area contributed by atoms with E-state index in [4.69, 9.17) is 9.47 Å². The summed E-state index contributed by atoms with van der Waals surface area (Å²) in [6.45, 7) is 2.08. The number of aryl methyl sites for hydroxylation is 2. The molecule has 0 unspecified atom stereocenters. The normalized spacial score (nSPS) is 15.3. The number of hydrogen-bond acceptors (Lipinski definition) is 4. The Morgan fingerprint density at radius 1 is 1.12 bits per heavy atom. The molecule has 0 saturated heterocycles. The van der Waals surface area contributed by atoms with Crippen molar-refractivity contribution in [3.8, 4) is 5.75 Å². The molecular weight excluding hydrogens is 302 g/mol. The zero-order valence-corrected chi connectivity index (χ0v) is 13.8. The fourth-order valence-corrected chi connectivity index (χ4v) is 2.58. The fourth-order valence-electron chi connectivity index (χ4n) is 2.58. The third kappa shape index (κ3) is 3.71. The Hall–Kier alpha value is -2.88. The summed E-state index contributed by atoms with van der Waals surface area (Å²) in [6, 6.07) is 15.6. The molecule has 0 spiro atoms. The van der Waals surface area contributed by atoms with Crippen LogP contribution in [0.5, 0.6) is 5.75 Å². The van der Waals surface area contributed by atoms with E-state index in [1.54, 1.807) is 13.2 Å². The van der Waals surface area contributed by atoms with Crippen molar-refractivity contribution >= 4 is 17.9 Å². The summed E-state index contributed by atoms with van der Waals surface area (Å²) < 4.78 is 10.5. The van der Waals surface area contributed by atoms with Crippen molar-refractivity contribution in [3.63, 3.8) is 0 Å². The fraction of sp³-hybridized carbons (Fsp3) is 0.200. The van der Waals surface area contributed by atoms with Gasteiger partial charge in [0.25, 0.3) is 0 Å². The Kier molecular flexibility index (Phi) is 4.75. The second-order valence-electron chi connectivity index (χ2n) is 5.63. The lowest BCUT2D eigenvalue weighted by molar-refractivity contribution is -0.130. The standard InChI is InChI=1S/C20H19NO3/c1-14-6-3-4-8-16(14)10-11-19-21-18(20(22)24-19)13-15-7-5-9-17(12-15)23-2/h3-9,12-13H,10-11H2,1-2H3/b18-13+. The van der Waals surface area contributed by atoms with Crippen molar-refractivity contribution in [1.29, 1.82) is 0 Å². The van der Waals surface area contributed by atoms with Gasteiger partial charge in [-0.3, -0.25) is 0 Å². The molecule has 1 aliphatic rings. The molecule has 1 heterocycles. The third-order valence-corrected chi connectivity index (χ3v) is 3.93. The topological polar surface area (TPSA) is 47.9 Å². The molecule has 0 bridgehead atoms. The second kappa shape index (κ2) is 7.13. The minimum Gasteiger partial charge on any atom is -0.497 e. The first-order valence-corrected chi connectivity index (χ1v) is 7.86. The number of hydrogen-bond donors (Lipinski definition) is 0. The molecule has 0 atom stereocenters. The molecule has 24 heavy (non-hydrogen) atoms. The number of ether oxygens (including phenoxy) is 2. The molecule has 2 aromatic rings. The molecule has 4 heteroatoms. The number of methoxy groups -OCH3 is 1. The molecule has 4 nitrogen and oxygen atoms in total. The minimum absolute atomic E-state index is 0.322. The first-order chi connectivity index (χ1) is 11.7. The SMILES string of the molecule is COc1cccc(/C=C2/N=C(CCc3ccccc3C)OC2=O)c1. The molecule has 2 aromatic carbocycles. The highest BCUT2D eigenvalue weighted by atomic mass is 16.6. The largest absolute Gasteiger partial charge is 0.497 e. The molecule has 0 amide bonds. The van der Waals surface area contributed by atoms with Crippen molar-refractivity contribution < 1.29 is 14.3 Å². The monoisotopic (exact) mass is 321 g/mol. The van der Waals surface area contributed by atoms with E-state index in [0.717, 1.165) is 17.7 Å². The highest BCUT2D eigenvalue weighted by Crippen LogP contribution is 2.20. The average molecular weight is 321 g/mol. The zero-order chi connectivity index (χ0) is 16.9. The third-order valence-electron chi connectivity index (χ3n) is 3.93. The van der Waals surface area contributed by atoms with Gasteiger partial charge in [0.15, 0.2) is 11.6 Å². The van der Waals surface area contributed by atoms with Gasteiger partial charge < -0.3 is 9.47 Å². The molecule has 0 fully saturated rings. The molecule has 0 aromatic heterocycles. The van der Waals surface area contributed by atoms with Gasteiger partial charge in [-0.05, 0) is 48.2 Å². The van der Waals surface area contributed by atoms with Gasteiger partial charge in [0.05, 0.1) is 7.11 Å². The average Bonchev–Trinajstić information content (AvgIpc) is 2.94. The van der Waals surface area contributed by atoms with Crippen LogP contribution in [0.4, 0.5) is 0 Å². The number of aliphatic imine (C=N–C) groups is 1. The maximum Gasteiger partial charge on any atom is 0.363 e. The molecule has 1 aliphatic heterocycles. The van der Waals surface area contributed by atoms with E-state index >= 15 is 0 Å². The Bertz CT molecular complexity index is 821. The van der Waals surface area contributed by atoms with Crippen molar-refractivity contribution in [2.45, 2.75) is 19.8 Å². The molecule has 0 N–H and O–H groups in total. The van der Waals surface area contributed by atoms with Crippen LogP contribution in [0.3, 0.4) is 0 Å². The van der Waals surface area contributed by atoms with Crippen LogP contribution < -0.4 is 4.74 Å². The van der Waals surface area contributed by atoms with Gasteiger partial charge in [-0.1, -0.05) is 36.4 Å². The predicted molar refractivity (Wildman–Crippen MR) is 94.0 cm³/mol. The first kappa shape index (κ1) is 16.0. The summed E-state index contributed by atoms with van der Waals surface area (Å²) in [5.74, 6) is 0.800. The van der Waals surface area contributed by atoms with Gasteiger partial charge >= 0.3 is 5.97 Å². The van der Waals surface area contributed by atoms with Gasteiger partial charge in [0.2, 0.25) is 0 Å². The molecule has 3 rings (SSSR count). The lowest BCUT2D eigenvalue weighted by atomic mass is 10.0. The Morgan fingerprint density at radius 3 is 2.75 bits per heavy atom. The van der Waals surface area contributed by atoms with Gasteiger partial charge in [0, 0.05) is 6.42 Å². The number of carbonyl (C=O) groups excluding carboxylic acids is 1. The number of esters is 1. The van der Waals surface area contributed by atoms with Gasteiger partial charge in [0.1, 0.15) is 5.75 Å². The van der Waals surface area contributed by atoms with Gasteiger partial charge in [-0.25, -0.2) is 9.79 Å². The summed E-state index contributed by atoms with van der Waals surface area (Å²) in [6.07, 6.45) is 3.11. The summed E-state index contributed by atoms with van der Waals surface area (Å²) in [5, 5.41) is 0. The van der Waals surface area contributed by atoms with E-state index in [-0.39, 0.29) is 0 Å². The molecule has 0 aliphatic carbocycles. The van der Waals surface area contributed by atoms with Crippen LogP contribution in [0, 0.1) is 6.92 Å². The zero-order valence-electron chi connectivity index (χ0n) is 13.8. The van der Waals surface area contributed by atoms with E-state index in [2.05, 4.69) is 24.0 Å². The first-order valence-electron chi connectivity index (χ1n) is 7.86. The Morgan fingerprint density at radius 2 is 1.96 bits per heavy atom. The highest BCUT2D eigenvalue weighted by molar-refractivity contribution is 6.07. The second-order valence-corrected chi connectivity index (χ2v) is 5.63. The summed E-state index contributed by atoms with van der Waals surface area (Å²) in [4.78, 5) is 16.3. The number of cyclic esters (lactones) is 1. The van der Waals surface area contributed by atoms with Crippen LogP contribution in [-0.4, -0.2) is 19.0 Å². The van der Waals surface area contributed by atoms with Crippen molar-refractivity contribution in [1.82, 2.24) is 0 Å². The molecular formula is C20H19NO3. The quantitative estimate of drug-likeness (QED) is 0.619. The minimum atomic E-state index is -0.405. The molecule has 0 radical (unpaired) electrons. The lowest BCUT2D eigenvalue weighted by Crippen LogP contribution is -2.05. The van der Waals surface area contributed by atoms with Crippen molar-refractivity contribution in [3.05, 3.63) is 70.9 Å². The van der Waals surface area contributed by atoms with Crippen molar-refractivity contribution in [2.24, 2.45) is 4.99 Å². The van der Waals surface area contributed by atoms with Crippen molar-refractivity contribution in [2.75, 3.05) is 7.11 Å².